The van der Waals surface area contributed by atoms with Crippen LogP contribution in [0.4, 0.5) is 22.7 Å². The Morgan fingerprint density at radius 1 is 0.778 bits per heavy atom. The molecule has 7 nitrogen and oxygen atoms in total. The first-order valence-corrected chi connectivity index (χ1v) is 8.04. The Bertz CT molecular complexity index is 996. The maximum atomic E-state index is 12.3. The van der Waals surface area contributed by atoms with E-state index < -0.39 is 5.97 Å². The van der Waals surface area contributed by atoms with Gasteiger partial charge in [0.05, 0.1) is 28.3 Å². The highest BCUT2D eigenvalue weighted by molar-refractivity contribution is 6.05. The zero-order chi connectivity index (χ0) is 19.2. The molecule has 0 aromatic heterocycles. The topological polar surface area (TPSA) is 117 Å². The Balaban J connectivity index is 1.67. The maximum Gasteiger partial charge on any atom is 0.335 e. The number of rotatable bonds is 5. The van der Waals surface area contributed by atoms with Gasteiger partial charge in [0.2, 0.25) is 0 Å². The lowest BCUT2D eigenvalue weighted by molar-refractivity contribution is 0.0696. The summed E-state index contributed by atoms with van der Waals surface area (Å²) in [6.07, 6.45) is 0. The molecule has 3 aromatic carbocycles. The fraction of sp³-hybridized carbons (Fsp3) is 0. The highest BCUT2D eigenvalue weighted by Crippen LogP contribution is 2.21. The van der Waals surface area contributed by atoms with Crippen LogP contribution < -0.4 is 11.1 Å². The zero-order valence-electron chi connectivity index (χ0n) is 14.2. The number of nitrogens with one attached hydrogen (secondary N) is 1. The molecule has 3 aromatic rings. The van der Waals surface area contributed by atoms with Crippen LogP contribution in [-0.4, -0.2) is 17.0 Å². The number of benzene rings is 3. The van der Waals surface area contributed by atoms with Crippen molar-refractivity contribution >= 4 is 34.6 Å². The first-order valence-electron chi connectivity index (χ1n) is 8.04. The van der Waals surface area contributed by atoms with E-state index >= 15 is 0 Å². The molecule has 0 saturated carbocycles. The average Bonchev–Trinajstić information content (AvgIpc) is 2.69. The second kappa shape index (κ2) is 7.92. The average molecular weight is 360 g/mol. The van der Waals surface area contributed by atoms with Gasteiger partial charge in [0.25, 0.3) is 5.91 Å². The van der Waals surface area contributed by atoms with Crippen molar-refractivity contribution in [2.45, 2.75) is 0 Å². The van der Waals surface area contributed by atoms with Crippen molar-refractivity contribution in [3.05, 3.63) is 83.9 Å². The lowest BCUT2D eigenvalue weighted by Crippen LogP contribution is -2.12. The van der Waals surface area contributed by atoms with Crippen molar-refractivity contribution in [3.63, 3.8) is 0 Å². The Labute approximate surface area is 155 Å². The third-order valence-electron chi connectivity index (χ3n) is 3.73. The lowest BCUT2D eigenvalue weighted by Gasteiger charge is -2.07. The van der Waals surface area contributed by atoms with Gasteiger partial charge in [0.1, 0.15) is 0 Å². The van der Waals surface area contributed by atoms with E-state index in [1.807, 2.05) is 0 Å². The quantitative estimate of drug-likeness (QED) is 0.454. The third-order valence-corrected chi connectivity index (χ3v) is 3.73. The molecule has 1 amide bonds. The largest absolute Gasteiger partial charge is 0.478 e. The highest BCUT2D eigenvalue weighted by atomic mass is 16.4. The first-order chi connectivity index (χ1) is 13.0. The SMILES string of the molecule is Nc1ccccc1NC(=O)c1ccc(N=Nc2ccc(C(=O)O)cc2)cc1. The number of carbonyl (C=O) groups is 2. The van der Waals surface area contributed by atoms with E-state index in [0.29, 0.717) is 28.3 Å². The fourth-order valence-electron chi connectivity index (χ4n) is 2.27. The van der Waals surface area contributed by atoms with Crippen LogP contribution in [0, 0.1) is 0 Å². The molecule has 0 aliphatic heterocycles. The molecule has 0 radical (unpaired) electrons. The van der Waals surface area contributed by atoms with Crippen LogP contribution in [0.5, 0.6) is 0 Å². The number of carbonyl (C=O) groups excluding carboxylic acids is 1. The monoisotopic (exact) mass is 360 g/mol. The van der Waals surface area contributed by atoms with Crippen molar-refractivity contribution < 1.29 is 14.7 Å². The van der Waals surface area contributed by atoms with Gasteiger partial charge >= 0.3 is 5.97 Å². The van der Waals surface area contributed by atoms with Crippen molar-refractivity contribution in [3.8, 4) is 0 Å². The number of nitrogen functional groups attached to an aromatic ring is 1. The number of anilines is 2. The third kappa shape index (κ3) is 4.55. The number of nitrogens with zero attached hydrogens (tertiary/aromatic N) is 2. The van der Waals surface area contributed by atoms with Crippen LogP contribution in [0.15, 0.2) is 83.0 Å². The number of carboxylic acids is 1. The second-order valence-electron chi connectivity index (χ2n) is 5.64. The van der Waals surface area contributed by atoms with Crippen LogP contribution in [0.25, 0.3) is 0 Å². The van der Waals surface area contributed by atoms with Crippen LogP contribution in [0.1, 0.15) is 20.7 Å². The van der Waals surface area contributed by atoms with Gasteiger partial charge < -0.3 is 16.2 Å². The molecule has 0 aliphatic carbocycles. The molecule has 0 heterocycles. The minimum absolute atomic E-state index is 0.184. The van der Waals surface area contributed by atoms with Crippen LogP contribution in [0.3, 0.4) is 0 Å². The molecule has 0 spiro atoms. The Kier molecular flexibility index (Phi) is 5.22. The molecular weight excluding hydrogens is 344 g/mol. The normalized spacial score (nSPS) is 10.7. The van der Waals surface area contributed by atoms with Crippen molar-refractivity contribution in [1.29, 1.82) is 0 Å². The summed E-state index contributed by atoms with van der Waals surface area (Å²) in [5, 5.41) is 19.7. The minimum atomic E-state index is -0.996. The molecule has 4 N–H and O–H groups in total. The number of para-hydroxylation sites is 2. The molecule has 0 unspecified atom stereocenters. The van der Waals surface area contributed by atoms with E-state index in [1.165, 1.54) is 12.1 Å². The molecule has 3 rings (SSSR count). The van der Waals surface area contributed by atoms with Gasteiger partial charge in [-0.15, -0.1) is 0 Å². The first kappa shape index (κ1) is 17.8. The molecule has 0 fully saturated rings. The van der Waals surface area contributed by atoms with Crippen LogP contribution >= 0.6 is 0 Å². The lowest BCUT2D eigenvalue weighted by atomic mass is 10.2. The number of hydrogen-bond acceptors (Lipinski definition) is 5. The number of amides is 1. The Morgan fingerprint density at radius 3 is 1.81 bits per heavy atom. The smallest absolute Gasteiger partial charge is 0.335 e. The summed E-state index contributed by atoms with van der Waals surface area (Å²) >= 11 is 0. The van der Waals surface area contributed by atoms with Crippen molar-refractivity contribution in [2.75, 3.05) is 11.1 Å². The Hall–Kier alpha value is -4.00. The van der Waals surface area contributed by atoms with E-state index in [9.17, 15) is 9.59 Å². The summed E-state index contributed by atoms with van der Waals surface area (Å²) in [5.41, 5.74) is 8.60. The van der Waals surface area contributed by atoms with Crippen LogP contribution in [-0.2, 0) is 0 Å². The molecule has 27 heavy (non-hydrogen) atoms. The molecule has 134 valence electrons. The van der Waals surface area contributed by atoms with Crippen LogP contribution in [0.2, 0.25) is 0 Å². The van der Waals surface area contributed by atoms with Gasteiger partial charge in [0.15, 0.2) is 0 Å². The number of azo groups is 1. The van der Waals surface area contributed by atoms with E-state index in [4.69, 9.17) is 10.8 Å². The Morgan fingerprint density at radius 2 is 1.30 bits per heavy atom. The van der Waals surface area contributed by atoms with Gasteiger partial charge in [-0.25, -0.2) is 4.79 Å². The van der Waals surface area contributed by atoms with Gasteiger partial charge in [-0.05, 0) is 60.7 Å². The van der Waals surface area contributed by atoms with Crippen molar-refractivity contribution in [2.24, 2.45) is 10.2 Å². The van der Waals surface area contributed by atoms with Gasteiger partial charge in [-0.1, -0.05) is 12.1 Å². The predicted octanol–water partition coefficient (Wildman–Crippen LogP) is 4.63. The zero-order valence-corrected chi connectivity index (χ0v) is 14.2. The molecule has 0 bridgehead atoms. The van der Waals surface area contributed by atoms with Crippen molar-refractivity contribution in [1.82, 2.24) is 0 Å². The predicted molar refractivity (Wildman–Crippen MR) is 103 cm³/mol. The summed E-state index contributed by atoms with van der Waals surface area (Å²) in [4.78, 5) is 23.1. The second-order valence-corrected chi connectivity index (χ2v) is 5.64. The minimum Gasteiger partial charge on any atom is -0.478 e. The maximum absolute atomic E-state index is 12.3. The number of hydrogen-bond donors (Lipinski definition) is 3. The standard InChI is InChI=1S/C20H16N4O3/c21-17-3-1-2-4-18(17)22-19(25)13-5-9-15(10-6-13)23-24-16-11-7-14(8-12-16)20(26)27/h1-12H,21H2,(H,22,25)(H,26,27). The van der Waals surface area contributed by atoms with E-state index in [1.54, 1.807) is 60.7 Å². The molecule has 0 saturated heterocycles. The summed E-state index contributed by atoms with van der Waals surface area (Å²) in [6.45, 7) is 0. The molecule has 7 heteroatoms. The van der Waals surface area contributed by atoms with Gasteiger partial charge in [0, 0.05) is 5.56 Å². The molecular formula is C20H16N4O3. The molecule has 0 aliphatic rings. The van der Waals surface area contributed by atoms with E-state index in [0.717, 1.165) is 0 Å². The summed E-state index contributed by atoms with van der Waals surface area (Å²) in [7, 11) is 0. The van der Waals surface area contributed by atoms with E-state index in [2.05, 4.69) is 15.5 Å². The summed E-state index contributed by atoms with van der Waals surface area (Å²) in [5.74, 6) is -1.27. The van der Waals surface area contributed by atoms with Gasteiger partial charge in [-0.3, -0.25) is 4.79 Å². The summed E-state index contributed by atoms with van der Waals surface area (Å²) in [6, 6.07) is 19.7. The summed E-state index contributed by atoms with van der Waals surface area (Å²) < 4.78 is 0. The van der Waals surface area contributed by atoms with E-state index in [-0.39, 0.29) is 11.5 Å². The fourth-order valence-corrected chi connectivity index (χ4v) is 2.27. The number of nitrogens with two attached hydrogens (primary N) is 1. The van der Waals surface area contributed by atoms with Gasteiger partial charge in [-0.2, -0.15) is 10.2 Å². The number of carboxylic acid groups (broad SMARTS) is 1. The molecule has 0 atom stereocenters. The number of aromatic carboxylic acids is 1. The highest BCUT2D eigenvalue weighted by Gasteiger charge is 2.07.